The van der Waals surface area contributed by atoms with Crippen molar-refractivity contribution in [2.45, 2.75) is 32.9 Å². The Morgan fingerprint density at radius 2 is 1.90 bits per heavy atom. The molecule has 3 rings (SSSR count). The van der Waals surface area contributed by atoms with Crippen LogP contribution < -0.4 is 0 Å². The number of aliphatic imine (C=N–C) groups is 1. The minimum Gasteiger partial charge on any atom is -0.511 e. The maximum absolute atomic E-state index is 13.6. The summed E-state index contributed by atoms with van der Waals surface area (Å²) in [6.07, 6.45) is -3.41. The van der Waals surface area contributed by atoms with Gasteiger partial charge in [-0.2, -0.15) is 18.4 Å². The number of carbonyl (C=O) groups is 1. The lowest BCUT2D eigenvalue weighted by molar-refractivity contribution is -0.137. The van der Waals surface area contributed by atoms with E-state index in [1.54, 1.807) is 30.3 Å². The third-order valence-corrected chi connectivity index (χ3v) is 4.70. The number of nitrogens with zero attached hydrogens (tertiary/aromatic N) is 3. The first-order chi connectivity index (χ1) is 14.0. The SMILES string of the molecule is CC1(C)CC(=O)C(/C=N/c2nc(-c3ccccc3)cc(C(F)(F)F)c2C#N)=C(O)C1. The molecule has 0 saturated heterocycles. The maximum Gasteiger partial charge on any atom is 0.417 e. The third-order valence-electron chi connectivity index (χ3n) is 4.70. The smallest absolute Gasteiger partial charge is 0.417 e. The predicted molar refractivity (Wildman–Crippen MR) is 105 cm³/mol. The summed E-state index contributed by atoms with van der Waals surface area (Å²) in [5.74, 6) is -1.03. The maximum atomic E-state index is 13.6. The Labute approximate surface area is 171 Å². The molecule has 1 heterocycles. The second-order valence-corrected chi connectivity index (χ2v) is 7.79. The number of ketones is 1. The lowest BCUT2D eigenvalue weighted by Crippen LogP contribution is -2.26. The van der Waals surface area contributed by atoms with Gasteiger partial charge in [0.1, 0.15) is 17.4 Å². The Hall–Kier alpha value is -3.47. The number of aliphatic hydroxyl groups is 1. The van der Waals surface area contributed by atoms with Crippen LogP contribution in [-0.2, 0) is 11.0 Å². The average molecular weight is 413 g/mol. The number of pyridine rings is 1. The number of Topliss-reactive ketones (excluding diaryl/α,β-unsaturated/α-hetero) is 1. The molecule has 0 bridgehead atoms. The Balaban J connectivity index is 2.15. The van der Waals surface area contributed by atoms with Crippen molar-refractivity contribution in [2.75, 3.05) is 0 Å². The summed E-state index contributed by atoms with van der Waals surface area (Å²) in [7, 11) is 0. The first kappa shape index (κ1) is 21.2. The minimum atomic E-state index is -4.80. The van der Waals surface area contributed by atoms with Crippen molar-refractivity contribution >= 4 is 17.8 Å². The van der Waals surface area contributed by atoms with E-state index < -0.39 is 28.5 Å². The third kappa shape index (κ3) is 4.40. The number of rotatable bonds is 3. The summed E-state index contributed by atoms with van der Waals surface area (Å²) in [6, 6.07) is 10.5. The van der Waals surface area contributed by atoms with Gasteiger partial charge in [0.05, 0.1) is 16.8 Å². The van der Waals surface area contributed by atoms with Crippen molar-refractivity contribution in [2.24, 2.45) is 10.4 Å². The molecule has 5 nitrogen and oxygen atoms in total. The summed E-state index contributed by atoms with van der Waals surface area (Å²) in [4.78, 5) is 20.4. The molecule has 0 spiro atoms. The zero-order valence-corrected chi connectivity index (χ0v) is 16.3. The number of aliphatic hydroxyl groups excluding tert-OH is 1. The summed E-state index contributed by atoms with van der Waals surface area (Å²) < 4.78 is 40.7. The average Bonchev–Trinajstić information content (AvgIpc) is 2.65. The van der Waals surface area contributed by atoms with Crippen molar-refractivity contribution < 1.29 is 23.1 Å². The van der Waals surface area contributed by atoms with Gasteiger partial charge in [-0.05, 0) is 11.5 Å². The van der Waals surface area contributed by atoms with Crippen LogP contribution in [0.1, 0.15) is 37.8 Å². The highest BCUT2D eigenvalue weighted by molar-refractivity contribution is 6.14. The topological polar surface area (TPSA) is 86.3 Å². The molecule has 1 aliphatic rings. The molecule has 0 amide bonds. The summed E-state index contributed by atoms with van der Waals surface area (Å²) in [5.41, 5.74) is -2.02. The molecule has 30 heavy (non-hydrogen) atoms. The van der Waals surface area contributed by atoms with Crippen molar-refractivity contribution in [1.29, 1.82) is 5.26 Å². The van der Waals surface area contributed by atoms with Gasteiger partial charge in [-0.3, -0.25) is 4.79 Å². The van der Waals surface area contributed by atoms with Crippen LogP contribution in [0.25, 0.3) is 11.3 Å². The fourth-order valence-electron chi connectivity index (χ4n) is 3.29. The van der Waals surface area contributed by atoms with Crippen LogP contribution in [0, 0.1) is 16.7 Å². The van der Waals surface area contributed by atoms with Gasteiger partial charge in [0.15, 0.2) is 11.6 Å². The molecule has 154 valence electrons. The van der Waals surface area contributed by atoms with E-state index in [1.165, 1.54) is 6.07 Å². The highest BCUT2D eigenvalue weighted by Crippen LogP contribution is 2.38. The van der Waals surface area contributed by atoms with Gasteiger partial charge in [-0.1, -0.05) is 44.2 Å². The summed E-state index contributed by atoms with van der Waals surface area (Å²) in [6.45, 7) is 3.65. The molecule has 0 fully saturated rings. The van der Waals surface area contributed by atoms with E-state index >= 15 is 0 Å². The van der Waals surface area contributed by atoms with E-state index in [2.05, 4.69) is 9.98 Å². The molecule has 0 radical (unpaired) electrons. The number of alkyl halides is 3. The zero-order chi connectivity index (χ0) is 22.1. The number of nitriles is 1. The van der Waals surface area contributed by atoms with Crippen LogP contribution in [-0.4, -0.2) is 22.1 Å². The quantitative estimate of drug-likeness (QED) is 0.669. The number of carbonyl (C=O) groups excluding carboxylic acids is 1. The van der Waals surface area contributed by atoms with Crippen molar-refractivity contribution in [1.82, 2.24) is 4.98 Å². The Kier molecular flexibility index (Phi) is 5.49. The molecule has 0 aliphatic heterocycles. The molecule has 8 heteroatoms. The molecule has 1 N–H and O–H groups in total. The molecular formula is C22H18F3N3O2. The van der Waals surface area contributed by atoms with Gasteiger partial charge < -0.3 is 5.11 Å². The van der Waals surface area contributed by atoms with Crippen LogP contribution in [0.4, 0.5) is 19.0 Å². The predicted octanol–water partition coefficient (Wildman–Crippen LogP) is 5.54. The fraction of sp³-hybridized carbons (Fsp3) is 0.273. The van der Waals surface area contributed by atoms with Gasteiger partial charge in [-0.15, -0.1) is 0 Å². The minimum absolute atomic E-state index is 0.0108. The van der Waals surface area contributed by atoms with E-state index in [4.69, 9.17) is 0 Å². The van der Waals surface area contributed by atoms with E-state index in [1.807, 2.05) is 13.8 Å². The Morgan fingerprint density at radius 1 is 1.23 bits per heavy atom. The number of hydrogen-bond acceptors (Lipinski definition) is 5. The molecule has 0 atom stereocenters. The highest BCUT2D eigenvalue weighted by Gasteiger charge is 2.36. The second-order valence-electron chi connectivity index (χ2n) is 7.79. The Morgan fingerprint density at radius 3 is 2.47 bits per heavy atom. The van der Waals surface area contributed by atoms with E-state index in [-0.39, 0.29) is 35.7 Å². The first-order valence-electron chi connectivity index (χ1n) is 9.09. The van der Waals surface area contributed by atoms with Gasteiger partial charge in [-0.25, -0.2) is 9.98 Å². The van der Waals surface area contributed by atoms with E-state index in [0.717, 1.165) is 12.3 Å². The van der Waals surface area contributed by atoms with Gasteiger partial charge in [0.2, 0.25) is 0 Å². The number of benzene rings is 1. The normalized spacial score (nSPS) is 16.7. The van der Waals surface area contributed by atoms with Crippen LogP contribution in [0.15, 0.2) is 52.7 Å². The molecule has 0 unspecified atom stereocenters. The van der Waals surface area contributed by atoms with Crippen LogP contribution in [0.2, 0.25) is 0 Å². The van der Waals surface area contributed by atoms with Crippen molar-refractivity contribution in [3.05, 3.63) is 58.9 Å². The second kappa shape index (κ2) is 7.75. The van der Waals surface area contributed by atoms with Crippen LogP contribution in [0.3, 0.4) is 0 Å². The first-order valence-corrected chi connectivity index (χ1v) is 9.09. The number of allylic oxidation sites excluding steroid dienone is 2. The van der Waals surface area contributed by atoms with Crippen LogP contribution >= 0.6 is 0 Å². The lowest BCUT2D eigenvalue weighted by Gasteiger charge is -2.28. The monoisotopic (exact) mass is 413 g/mol. The van der Waals surface area contributed by atoms with Crippen molar-refractivity contribution in [3.63, 3.8) is 0 Å². The van der Waals surface area contributed by atoms with Crippen molar-refractivity contribution in [3.8, 4) is 17.3 Å². The zero-order valence-electron chi connectivity index (χ0n) is 16.3. The molecule has 0 saturated carbocycles. The number of hydrogen-bond donors (Lipinski definition) is 1. The molecule has 2 aromatic rings. The van der Waals surface area contributed by atoms with E-state index in [9.17, 15) is 28.3 Å². The van der Waals surface area contributed by atoms with Gasteiger partial charge >= 0.3 is 6.18 Å². The summed E-state index contributed by atoms with van der Waals surface area (Å²) in [5, 5.41) is 19.5. The number of aromatic nitrogens is 1. The largest absolute Gasteiger partial charge is 0.511 e. The highest BCUT2D eigenvalue weighted by atomic mass is 19.4. The fourth-order valence-corrected chi connectivity index (χ4v) is 3.29. The lowest BCUT2D eigenvalue weighted by atomic mass is 9.77. The van der Waals surface area contributed by atoms with Gasteiger partial charge in [0, 0.05) is 24.6 Å². The van der Waals surface area contributed by atoms with Gasteiger partial charge in [0.25, 0.3) is 0 Å². The molecular weight excluding hydrogens is 395 g/mol. The summed E-state index contributed by atoms with van der Waals surface area (Å²) >= 11 is 0. The standard InChI is InChI=1S/C22H18F3N3O2/c1-21(2)9-18(29)15(19(30)10-21)12-27-20-14(11-26)16(22(23,24)25)8-17(28-20)13-6-4-3-5-7-13/h3-8,12,29H,9-10H2,1-2H3/b27-12+. The Bertz CT molecular complexity index is 1100. The molecule has 1 aromatic carbocycles. The number of halogens is 3. The molecule has 1 aromatic heterocycles. The van der Waals surface area contributed by atoms with Crippen LogP contribution in [0.5, 0.6) is 0 Å². The molecule has 1 aliphatic carbocycles. The van der Waals surface area contributed by atoms with E-state index in [0.29, 0.717) is 5.56 Å².